The van der Waals surface area contributed by atoms with Crippen molar-refractivity contribution < 1.29 is 9.47 Å². The van der Waals surface area contributed by atoms with Gasteiger partial charge in [-0.05, 0) is 59.1 Å². The molecule has 0 radical (unpaired) electrons. The van der Waals surface area contributed by atoms with Gasteiger partial charge in [-0.1, -0.05) is 6.08 Å². The number of aryl methyl sites for hydroxylation is 1. The number of benzene rings is 1. The van der Waals surface area contributed by atoms with Crippen molar-refractivity contribution in [1.82, 2.24) is 25.1 Å². The highest BCUT2D eigenvalue weighted by Crippen LogP contribution is 2.19. The highest BCUT2D eigenvalue weighted by molar-refractivity contribution is 5.82. The SMILES string of the molecule is C/C=c1/nc(C)nc(Nc2ccc3[nH]ncc3c2)/c1=C/C(OCCN(C)C)=C(\C)OC. The second kappa shape index (κ2) is 10.1. The van der Waals surface area contributed by atoms with E-state index in [1.165, 1.54) is 0 Å². The summed E-state index contributed by atoms with van der Waals surface area (Å²) in [7, 11) is 5.66. The molecule has 2 aromatic heterocycles. The first-order valence-electron chi connectivity index (χ1n) is 10.2. The van der Waals surface area contributed by atoms with Crippen LogP contribution in [0.5, 0.6) is 0 Å². The minimum atomic E-state index is 0.539. The first kappa shape index (κ1) is 22.3. The number of fused-ring (bicyclic) bond motifs is 1. The van der Waals surface area contributed by atoms with Crippen molar-refractivity contribution in [3.05, 3.63) is 52.3 Å². The van der Waals surface area contributed by atoms with Crippen molar-refractivity contribution in [2.45, 2.75) is 20.8 Å². The number of likely N-dealkylation sites (N-methyl/N-ethyl adjacent to an activating group) is 1. The van der Waals surface area contributed by atoms with Crippen LogP contribution < -0.4 is 15.9 Å². The minimum absolute atomic E-state index is 0.539. The smallest absolute Gasteiger partial charge is 0.157 e. The topological polar surface area (TPSA) is 88.2 Å². The van der Waals surface area contributed by atoms with E-state index in [1.807, 2.05) is 65.2 Å². The van der Waals surface area contributed by atoms with Crippen LogP contribution in [0, 0.1) is 6.92 Å². The maximum absolute atomic E-state index is 6.04. The van der Waals surface area contributed by atoms with Crippen LogP contribution in [0.25, 0.3) is 23.1 Å². The lowest BCUT2D eigenvalue weighted by molar-refractivity contribution is 0.173. The van der Waals surface area contributed by atoms with Crippen molar-refractivity contribution in [3.63, 3.8) is 0 Å². The van der Waals surface area contributed by atoms with E-state index in [0.717, 1.165) is 33.7 Å². The Kier molecular flexibility index (Phi) is 7.25. The van der Waals surface area contributed by atoms with Crippen LogP contribution in [-0.2, 0) is 9.47 Å². The molecule has 0 aliphatic carbocycles. The third-order valence-corrected chi connectivity index (χ3v) is 4.79. The van der Waals surface area contributed by atoms with Gasteiger partial charge in [-0.3, -0.25) is 5.10 Å². The van der Waals surface area contributed by atoms with Gasteiger partial charge in [0.2, 0.25) is 0 Å². The highest BCUT2D eigenvalue weighted by atomic mass is 16.5. The molecule has 0 aliphatic rings. The zero-order valence-corrected chi connectivity index (χ0v) is 19.0. The molecule has 1 aromatic carbocycles. The third kappa shape index (κ3) is 5.61. The van der Waals surface area contributed by atoms with Gasteiger partial charge in [0.05, 0.1) is 24.2 Å². The third-order valence-electron chi connectivity index (χ3n) is 4.79. The van der Waals surface area contributed by atoms with Crippen LogP contribution >= 0.6 is 0 Å². The molecule has 164 valence electrons. The van der Waals surface area contributed by atoms with E-state index >= 15 is 0 Å². The number of hydrogen-bond donors (Lipinski definition) is 2. The number of allylic oxidation sites excluding steroid dienone is 2. The van der Waals surface area contributed by atoms with Crippen LogP contribution in [0.1, 0.15) is 19.7 Å². The zero-order chi connectivity index (χ0) is 22.4. The van der Waals surface area contributed by atoms with E-state index in [1.54, 1.807) is 13.3 Å². The number of anilines is 2. The number of methoxy groups -OCH3 is 1. The maximum Gasteiger partial charge on any atom is 0.157 e. The Bertz CT molecular complexity index is 1200. The predicted octanol–water partition coefficient (Wildman–Crippen LogP) is 2.44. The average molecular weight is 423 g/mol. The van der Waals surface area contributed by atoms with Crippen LogP contribution in [0.3, 0.4) is 0 Å². The number of aromatic nitrogens is 4. The van der Waals surface area contributed by atoms with E-state index < -0.39 is 0 Å². The molecular weight excluding hydrogens is 392 g/mol. The summed E-state index contributed by atoms with van der Waals surface area (Å²) in [5.41, 5.74) is 1.89. The number of H-pyrrole nitrogens is 1. The molecule has 31 heavy (non-hydrogen) atoms. The maximum atomic E-state index is 6.04. The number of nitrogens with one attached hydrogen (secondary N) is 2. The quantitative estimate of drug-likeness (QED) is 0.539. The summed E-state index contributed by atoms with van der Waals surface area (Å²) in [6, 6.07) is 6.00. The van der Waals surface area contributed by atoms with Crippen LogP contribution in [0.4, 0.5) is 11.5 Å². The molecule has 0 fully saturated rings. The first-order chi connectivity index (χ1) is 14.9. The van der Waals surface area contributed by atoms with Gasteiger partial charge in [0.25, 0.3) is 0 Å². The monoisotopic (exact) mass is 422 g/mol. The Morgan fingerprint density at radius 1 is 1.26 bits per heavy atom. The molecule has 0 saturated heterocycles. The zero-order valence-electron chi connectivity index (χ0n) is 19.0. The Morgan fingerprint density at radius 3 is 2.77 bits per heavy atom. The predicted molar refractivity (Wildman–Crippen MR) is 124 cm³/mol. The molecule has 0 spiro atoms. The lowest BCUT2D eigenvalue weighted by Crippen LogP contribution is -2.33. The normalized spacial score (nSPS) is 13.6. The van der Waals surface area contributed by atoms with Gasteiger partial charge in [-0.25, -0.2) is 9.97 Å². The standard InChI is InChI=1S/C23H30N6O2/c1-7-20-19(13-22(15(2)30-6)31-11-10-29(4)5)23(26-16(3)25-20)27-18-8-9-21-17(12-18)14-24-28-21/h7-9,12-14H,10-11H2,1-6H3,(H,24,28)(H,25,26,27)/b19-13+,20-7+,22-15-. The average Bonchev–Trinajstić information content (AvgIpc) is 3.21. The highest BCUT2D eigenvalue weighted by Gasteiger charge is 2.09. The fourth-order valence-electron chi connectivity index (χ4n) is 3.03. The molecule has 0 saturated carbocycles. The number of aromatic amines is 1. The Balaban J connectivity index is 2.08. The molecule has 8 heteroatoms. The van der Waals surface area contributed by atoms with Crippen molar-refractivity contribution in [3.8, 4) is 0 Å². The molecular formula is C23H30N6O2. The number of ether oxygens (including phenoxy) is 2. The summed E-state index contributed by atoms with van der Waals surface area (Å²) in [4.78, 5) is 11.3. The van der Waals surface area contributed by atoms with E-state index in [4.69, 9.17) is 9.47 Å². The molecule has 0 atom stereocenters. The fourth-order valence-corrected chi connectivity index (χ4v) is 3.03. The first-order valence-corrected chi connectivity index (χ1v) is 10.2. The molecule has 0 bridgehead atoms. The van der Waals surface area contributed by atoms with E-state index in [9.17, 15) is 0 Å². The van der Waals surface area contributed by atoms with Gasteiger partial charge >= 0.3 is 0 Å². The van der Waals surface area contributed by atoms with Gasteiger partial charge in [-0.2, -0.15) is 5.10 Å². The fraction of sp³-hybridized carbons (Fsp3) is 0.348. The Labute approximate surface area is 182 Å². The number of nitrogens with zero attached hydrogens (tertiary/aromatic N) is 4. The Morgan fingerprint density at radius 2 is 2.06 bits per heavy atom. The summed E-state index contributed by atoms with van der Waals surface area (Å²) in [6.45, 7) is 7.05. The van der Waals surface area contributed by atoms with E-state index in [0.29, 0.717) is 29.8 Å². The molecule has 2 heterocycles. The van der Waals surface area contributed by atoms with E-state index in [2.05, 4.69) is 30.4 Å². The molecule has 0 unspecified atom stereocenters. The van der Waals surface area contributed by atoms with Crippen LogP contribution in [-0.4, -0.2) is 59.4 Å². The van der Waals surface area contributed by atoms with E-state index in [-0.39, 0.29) is 0 Å². The molecule has 0 aliphatic heterocycles. The second-order valence-electron chi connectivity index (χ2n) is 7.42. The number of hydrogen-bond acceptors (Lipinski definition) is 7. The molecule has 0 amide bonds. The molecule has 2 N–H and O–H groups in total. The van der Waals surface area contributed by atoms with Crippen molar-refractivity contribution in [2.24, 2.45) is 0 Å². The summed E-state index contributed by atoms with van der Waals surface area (Å²) in [5.74, 6) is 2.71. The van der Waals surface area contributed by atoms with Crippen LogP contribution in [0.15, 0.2) is 35.9 Å². The van der Waals surface area contributed by atoms with Crippen molar-refractivity contribution >= 4 is 34.6 Å². The van der Waals surface area contributed by atoms with Crippen molar-refractivity contribution in [1.29, 1.82) is 0 Å². The van der Waals surface area contributed by atoms with Gasteiger partial charge < -0.3 is 19.7 Å². The Hall–Kier alpha value is -3.39. The molecule has 8 nitrogen and oxygen atoms in total. The van der Waals surface area contributed by atoms with Gasteiger partial charge in [0.1, 0.15) is 24.0 Å². The summed E-state index contributed by atoms with van der Waals surface area (Å²) in [6.07, 6.45) is 5.69. The van der Waals surface area contributed by atoms with Gasteiger partial charge in [0, 0.05) is 22.8 Å². The van der Waals surface area contributed by atoms with Crippen LogP contribution in [0.2, 0.25) is 0 Å². The lowest BCUT2D eigenvalue weighted by atomic mass is 10.2. The summed E-state index contributed by atoms with van der Waals surface area (Å²) >= 11 is 0. The number of rotatable bonds is 8. The summed E-state index contributed by atoms with van der Waals surface area (Å²) < 4.78 is 11.5. The largest absolute Gasteiger partial charge is 0.498 e. The summed E-state index contributed by atoms with van der Waals surface area (Å²) in [5, 5.41) is 13.2. The van der Waals surface area contributed by atoms with Crippen molar-refractivity contribution in [2.75, 3.05) is 39.7 Å². The lowest BCUT2D eigenvalue weighted by Gasteiger charge is -2.14. The molecule has 3 rings (SSSR count). The second-order valence-corrected chi connectivity index (χ2v) is 7.42. The van der Waals surface area contributed by atoms with Gasteiger partial charge in [0.15, 0.2) is 5.76 Å². The minimum Gasteiger partial charge on any atom is -0.498 e. The molecule has 3 aromatic rings. The van der Waals surface area contributed by atoms with Gasteiger partial charge in [-0.15, -0.1) is 0 Å².